The third kappa shape index (κ3) is 3.81. The molecule has 0 bridgehead atoms. The van der Waals surface area contributed by atoms with Crippen LogP contribution in [0.5, 0.6) is 0 Å². The van der Waals surface area contributed by atoms with Crippen molar-refractivity contribution < 1.29 is 4.79 Å². The van der Waals surface area contributed by atoms with E-state index in [9.17, 15) is 4.79 Å². The van der Waals surface area contributed by atoms with Gasteiger partial charge in [0, 0.05) is 30.1 Å². The van der Waals surface area contributed by atoms with Crippen LogP contribution in [0.15, 0.2) is 73.1 Å². The predicted molar refractivity (Wildman–Crippen MR) is 113 cm³/mol. The zero-order chi connectivity index (χ0) is 19.5. The van der Waals surface area contributed by atoms with Crippen molar-refractivity contribution in [3.8, 4) is 11.3 Å². The van der Waals surface area contributed by atoms with Crippen molar-refractivity contribution in [2.45, 2.75) is 26.7 Å². The lowest BCUT2D eigenvalue weighted by atomic mass is 10.1. The average Bonchev–Trinajstić information content (AvgIpc) is 3.15. The highest BCUT2D eigenvalue weighted by atomic mass is 16.1. The number of aromatic nitrogens is 2. The molecule has 0 saturated heterocycles. The van der Waals surface area contributed by atoms with Gasteiger partial charge in [-0.05, 0) is 49.1 Å². The molecule has 4 nitrogen and oxygen atoms in total. The summed E-state index contributed by atoms with van der Waals surface area (Å²) in [4.78, 5) is 17.2. The minimum Gasteiger partial charge on any atom is -0.326 e. The number of hydrogen-bond donors (Lipinski definition) is 1. The summed E-state index contributed by atoms with van der Waals surface area (Å²) in [6, 6.07) is 20.2. The Kier molecular flexibility index (Phi) is 4.94. The molecule has 0 atom stereocenters. The molecule has 0 radical (unpaired) electrons. The molecule has 0 unspecified atom stereocenters. The Morgan fingerprint density at radius 2 is 1.82 bits per heavy atom. The second kappa shape index (κ2) is 7.69. The van der Waals surface area contributed by atoms with Crippen LogP contribution < -0.4 is 5.32 Å². The molecule has 2 heterocycles. The van der Waals surface area contributed by atoms with E-state index in [2.05, 4.69) is 18.3 Å². The summed E-state index contributed by atoms with van der Waals surface area (Å²) in [6.45, 7) is 4.06. The number of aryl methyl sites for hydroxylation is 3. The maximum atomic E-state index is 12.4. The first-order chi connectivity index (χ1) is 13.6. The molecule has 1 amide bonds. The van der Waals surface area contributed by atoms with Crippen LogP contribution >= 0.6 is 0 Å². The number of pyridine rings is 1. The van der Waals surface area contributed by atoms with E-state index in [1.54, 1.807) is 0 Å². The van der Waals surface area contributed by atoms with Crippen LogP contribution in [0.1, 0.15) is 23.1 Å². The lowest BCUT2D eigenvalue weighted by molar-refractivity contribution is -0.116. The largest absolute Gasteiger partial charge is 0.326 e. The maximum absolute atomic E-state index is 12.4. The number of imidazole rings is 1. The lowest BCUT2D eigenvalue weighted by Gasteiger charge is -2.10. The highest BCUT2D eigenvalue weighted by molar-refractivity contribution is 5.92. The van der Waals surface area contributed by atoms with Crippen LogP contribution in [0.25, 0.3) is 16.9 Å². The Balaban J connectivity index is 1.53. The Hall–Kier alpha value is -3.40. The highest BCUT2D eigenvalue weighted by Crippen LogP contribution is 2.26. The molecule has 0 fully saturated rings. The minimum absolute atomic E-state index is 0.0231. The van der Waals surface area contributed by atoms with Gasteiger partial charge in [0.25, 0.3) is 0 Å². The highest BCUT2D eigenvalue weighted by Gasteiger charge is 2.10. The van der Waals surface area contributed by atoms with Crippen molar-refractivity contribution in [2.75, 3.05) is 5.32 Å². The molecule has 4 aromatic rings. The van der Waals surface area contributed by atoms with Crippen LogP contribution in [0, 0.1) is 13.8 Å². The Labute approximate surface area is 164 Å². The minimum atomic E-state index is 0.0231. The third-order valence-corrected chi connectivity index (χ3v) is 4.97. The van der Waals surface area contributed by atoms with Gasteiger partial charge in [-0.3, -0.25) is 4.79 Å². The number of benzene rings is 2. The number of rotatable bonds is 5. The van der Waals surface area contributed by atoms with E-state index < -0.39 is 0 Å². The van der Waals surface area contributed by atoms with Gasteiger partial charge in [0.15, 0.2) is 0 Å². The van der Waals surface area contributed by atoms with Gasteiger partial charge in [0.2, 0.25) is 5.91 Å². The quantitative estimate of drug-likeness (QED) is 0.526. The molecule has 2 aromatic heterocycles. The summed E-state index contributed by atoms with van der Waals surface area (Å²) in [5.41, 5.74) is 7.02. The van der Waals surface area contributed by atoms with Crippen LogP contribution in [-0.2, 0) is 11.2 Å². The number of anilines is 1. The Morgan fingerprint density at radius 3 is 2.61 bits per heavy atom. The van der Waals surface area contributed by atoms with Crippen LogP contribution in [0.2, 0.25) is 0 Å². The first-order valence-corrected chi connectivity index (χ1v) is 9.49. The molecule has 4 heteroatoms. The van der Waals surface area contributed by atoms with Gasteiger partial charge in [0.1, 0.15) is 5.65 Å². The van der Waals surface area contributed by atoms with E-state index >= 15 is 0 Å². The fourth-order valence-electron chi connectivity index (χ4n) is 3.32. The van der Waals surface area contributed by atoms with E-state index in [-0.39, 0.29) is 5.91 Å². The first-order valence-electron chi connectivity index (χ1n) is 9.49. The molecule has 28 heavy (non-hydrogen) atoms. The molecule has 0 spiro atoms. The summed E-state index contributed by atoms with van der Waals surface area (Å²) in [5, 5.41) is 3.06. The van der Waals surface area contributed by atoms with Crippen molar-refractivity contribution >= 4 is 17.2 Å². The summed E-state index contributed by atoms with van der Waals surface area (Å²) in [6.07, 6.45) is 5.21. The second-order valence-electron chi connectivity index (χ2n) is 7.11. The van der Waals surface area contributed by atoms with Gasteiger partial charge in [-0.1, -0.05) is 48.5 Å². The van der Waals surface area contributed by atoms with Gasteiger partial charge in [-0.25, -0.2) is 4.98 Å². The molecule has 4 rings (SSSR count). The second-order valence-corrected chi connectivity index (χ2v) is 7.11. The zero-order valence-corrected chi connectivity index (χ0v) is 16.1. The van der Waals surface area contributed by atoms with Crippen molar-refractivity contribution in [2.24, 2.45) is 0 Å². The molecule has 0 aliphatic carbocycles. The summed E-state index contributed by atoms with van der Waals surface area (Å²) >= 11 is 0. The van der Waals surface area contributed by atoms with Gasteiger partial charge in [0.05, 0.1) is 5.69 Å². The number of hydrogen-bond acceptors (Lipinski definition) is 2. The van der Waals surface area contributed by atoms with Gasteiger partial charge in [-0.15, -0.1) is 0 Å². The maximum Gasteiger partial charge on any atom is 0.224 e. The summed E-state index contributed by atoms with van der Waals surface area (Å²) in [7, 11) is 0. The van der Waals surface area contributed by atoms with E-state index in [0.29, 0.717) is 6.42 Å². The number of carbonyl (C=O) groups is 1. The Morgan fingerprint density at radius 1 is 1.00 bits per heavy atom. The number of nitrogens with zero attached hydrogens (tertiary/aromatic N) is 2. The van der Waals surface area contributed by atoms with Crippen LogP contribution in [0.3, 0.4) is 0 Å². The average molecular weight is 369 g/mol. The molecule has 0 aliphatic heterocycles. The monoisotopic (exact) mass is 369 g/mol. The first kappa shape index (κ1) is 18.0. The lowest BCUT2D eigenvalue weighted by Crippen LogP contribution is -2.13. The molecule has 0 saturated carbocycles. The van der Waals surface area contributed by atoms with Gasteiger partial charge in [-0.2, -0.15) is 0 Å². The number of amides is 1. The van der Waals surface area contributed by atoms with Crippen LogP contribution in [0.4, 0.5) is 5.69 Å². The zero-order valence-electron chi connectivity index (χ0n) is 16.1. The van der Waals surface area contributed by atoms with Crippen molar-refractivity contribution in [3.63, 3.8) is 0 Å². The van der Waals surface area contributed by atoms with Crippen molar-refractivity contribution in [1.29, 1.82) is 0 Å². The summed E-state index contributed by atoms with van der Waals surface area (Å²) in [5.74, 6) is 0.0231. The smallest absolute Gasteiger partial charge is 0.224 e. The molecule has 140 valence electrons. The van der Waals surface area contributed by atoms with Crippen LogP contribution in [-0.4, -0.2) is 15.3 Å². The Bertz CT molecular complexity index is 1130. The summed E-state index contributed by atoms with van der Waals surface area (Å²) < 4.78 is 2.03. The van der Waals surface area contributed by atoms with E-state index in [4.69, 9.17) is 4.98 Å². The predicted octanol–water partition coefficient (Wildman–Crippen LogP) is 5.19. The molecular weight excluding hydrogens is 346 g/mol. The van der Waals surface area contributed by atoms with E-state index in [1.165, 1.54) is 5.56 Å². The van der Waals surface area contributed by atoms with Gasteiger partial charge < -0.3 is 9.72 Å². The number of nitrogens with one attached hydrogen (secondary N) is 1. The third-order valence-electron chi connectivity index (χ3n) is 4.97. The molecular formula is C24H23N3O. The number of fused-ring (bicyclic) bond motifs is 1. The van der Waals surface area contributed by atoms with Crippen molar-refractivity contribution in [1.82, 2.24) is 9.38 Å². The SMILES string of the molecule is Cc1ccc(-c2cn3cccc(C)c3n2)cc1NC(=O)CCc1ccccc1. The van der Waals surface area contributed by atoms with E-state index in [0.717, 1.165) is 40.1 Å². The normalized spacial score (nSPS) is 10.9. The van der Waals surface area contributed by atoms with Gasteiger partial charge >= 0.3 is 0 Å². The fraction of sp³-hybridized carbons (Fsp3) is 0.167. The fourth-order valence-corrected chi connectivity index (χ4v) is 3.32. The van der Waals surface area contributed by atoms with Crippen molar-refractivity contribution in [3.05, 3.63) is 89.7 Å². The molecule has 2 aromatic carbocycles. The number of carbonyl (C=O) groups excluding carboxylic acids is 1. The molecule has 0 aliphatic rings. The standard InChI is InChI=1S/C24H23N3O/c1-17-10-12-20(22-16-27-14-6-7-18(2)24(27)26-22)15-21(17)25-23(28)13-11-19-8-4-3-5-9-19/h3-10,12,14-16H,11,13H2,1-2H3,(H,25,28). The molecule has 1 N–H and O–H groups in total. The van der Waals surface area contributed by atoms with E-state index in [1.807, 2.05) is 78.3 Å². The topological polar surface area (TPSA) is 46.4 Å².